The van der Waals surface area contributed by atoms with Crippen molar-refractivity contribution in [2.45, 2.75) is 70.5 Å². The number of anilines is 1. The van der Waals surface area contributed by atoms with Gasteiger partial charge in [-0.25, -0.2) is 9.18 Å². The van der Waals surface area contributed by atoms with Crippen molar-refractivity contribution >= 4 is 23.5 Å². The Bertz CT molecular complexity index is 1090. The standard InChI is InChI=1S/C24H29FN4O4/c1-15-12-16(25)10-11-19(15)29-21(30)20-13-18(22(31)33-3)27-28(20)14-24(29,2)23(32)26-17-8-6-4-5-7-9-17/h10-13,17H,4-9,14H2,1-3H3,(H,26,32)/t24-/m1/s1. The summed E-state index contributed by atoms with van der Waals surface area (Å²) in [4.78, 5) is 40.8. The molecular weight excluding hydrogens is 427 g/mol. The molecule has 4 rings (SSSR count). The minimum absolute atomic E-state index is 0.00921. The number of fused-ring (bicyclic) bond motifs is 1. The maximum atomic E-state index is 13.8. The van der Waals surface area contributed by atoms with Crippen molar-refractivity contribution in [2.24, 2.45) is 0 Å². The van der Waals surface area contributed by atoms with Crippen molar-refractivity contribution in [3.63, 3.8) is 0 Å². The second-order valence-electron chi connectivity index (χ2n) is 9.07. The molecular formula is C24H29FN4O4. The van der Waals surface area contributed by atoms with Gasteiger partial charge in [0.05, 0.1) is 13.7 Å². The van der Waals surface area contributed by atoms with E-state index in [1.165, 1.54) is 41.0 Å². The highest BCUT2D eigenvalue weighted by molar-refractivity contribution is 6.12. The van der Waals surface area contributed by atoms with Crippen LogP contribution in [0.1, 0.15) is 72.0 Å². The van der Waals surface area contributed by atoms with Crippen molar-refractivity contribution < 1.29 is 23.5 Å². The summed E-state index contributed by atoms with van der Waals surface area (Å²) in [5, 5.41) is 7.38. The van der Waals surface area contributed by atoms with Gasteiger partial charge in [-0.15, -0.1) is 0 Å². The first-order chi connectivity index (χ1) is 15.7. The van der Waals surface area contributed by atoms with Crippen LogP contribution in [0.2, 0.25) is 0 Å². The summed E-state index contributed by atoms with van der Waals surface area (Å²) in [7, 11) is 1.24. The average Bonchev–Trinajstić information content (AvgIpc) is 3.03. The van der Waals surface area contributed by atoms with Crippen LogP contribution in [0.15, 0.2) is 24.3 Å². The van der Waals surface area contributed by atoms with Crippen molar-refractivity contribution in [2.75, 3.05) is 12.0 Å². The van der Waals surface area contributed by atoms with Crippen molar-refractivity contribution in [3.05, 3.63) is 47.0 Å². The predicted molar refractivity (Wildman–Crippen MR) is 120 cm³/mol. The lowest BCUT2D eigenvalue weighted by Crippen LogP contribution is -2.65. The summed E-state index contributed by atoms with van der Waals surface area (Å²) in [6.07, 6.45) is 6.18. The first kappa shape index (κ1) is 22.9. The van der Waals surface area contributed by atoms with E-state index in [2.05, 4.69) is 10.4 Å². The summed E-state index contributed by atoms with van der Waals surface area (Å²) < 4.78 is 20.0. The molecule has 2 aliphatic rings. The number of aryl methyl sites for hydroxylation is 1. The lowest BCUT2D eigenvalue weighted by Gasteiger charge is -2.44. The van der Waals surface area contributed by atoms with Gasteiger partial charge in [-0.3, -0.25) is 19.2 Å². The number of esters is 1. The molecule has 9 heteroatoms. The van der Waals surface area contributed by atoms with E-state index in [0.717, 1.165) is 38.5 Å². The number of hydrogen-bond donors (Lipinski definition) is 1. The Labute approximate surface area is 192 Å². The van der Waals surface area contributed by atoms with Gasteiger partial charge in [-0.1, -0.05) is 25.7 Å². The Morgan fingerprint density at radius 3 is 2.52 bits per heavy atom. The van der Waals surface area contributed by atoms with Crippen LogP contribution < -0.4 is 10.2 Å². The molecule has 8 nitrogen and oxygen atoms in total. The van der Waals surface area contributed by atoms with Crippen molar-refractivity contribution in [3.8, 4) is 0 Å². The van der Waals surface area contributed by atoms with Crippen LogP contribution in [0.25, 0.3) is 0 Å². The number of methoxy groups -OCH3 is 1. The first-order valence-electron chi connectivity index (χ1n) is 11.3. The molecule has 176 valence electrons. The molecule has 1 aromatic carbocycles. The Morgan fingerprint density at radius 2 is 1.88 bits per heavy atom. The van der Waals surface area contributed by atoms with Crippen molar-refractivity contribution in [1.82, 2.24) is 15.1 Å². The van der Waals surface area contributed by atoms with E-state index in [0.29, 0.717) is 11.3 Å². The number of halogens is 1. The summed E-state index contributed by atoms with van der Waals surface area (Å²) in [5.74, 6) is -1.88. The molecule has 2 amide bonds. The number of aromatic nitrogens is 2. The SMILES string of the molecule is COC(=O)c1cc2n(n1)C[C@](C)(C(=O)NC1CCCCCC1)N(c1ccc(F)cc1C)C2=O. The molecule has 1 fully saturated rings. The predicted octanol–water partition coefficient (Wildman–Crippen LogP) is 3.38. The van der Waals surface area contributed by atoms with Crippen LogP contribution in [-0.2, 0) is 16.1 Å². The number of rotatable bonds is 4. The highest BCUT2D eigenvalue weighted by atomic mass is 19.1. The molecule has 0 unspecified atom stereocenters. The molecule has 1 aliphatic heterocycles. The third kappa shape index (κ3) is 4.24. The number of hydrogen-bond acceptors (Lipinski definition) is 5. The fraction of sp³-hybridized carbons (Fsp3) is 0.500. The normalized spacial score (nSPS) is 21.3. The van der Waals surface area contributed by atoms with Crippen LogP contribution in [0.3, 0.4) is 0 Å². The second kappa shape index (κ2) is 8.96. The van der Waals surface area contributed by atoms with Crippen LogP contribution in [-0.4, -0.2) is 46.3 Å². The summed E-state index contributed by atoms with van der Waals surface area (Å²) in [6.45, 7) is 3.42. The molecule has 1 N–H and O–H groups in total. The monoisotopic (exact) mass is 456 g/mol. The summed E-state index contributed by atoms with van der Waals surface area (Å²) in [5.41, 5.74) is -0.216. The van der Waals surface area contributed by atoms with Gasteiger partial charge >= 0.3 is 5.97 Å². The number of benzene rings is 1. The van der Waals surface area contributed by atoms with Gasteiger partial charge in [0.2, 0.25) is 5.91 Å². The van der Waals surface area contributed by atoms with Gasteiger partial charge in [-0.2, -0.15) is 5.10 Å². The molecule has 0 bridgehead atoms. The molecule has 33 heavy (non-hydrogen) atoms. The Morgan fingerprint density at radius 1 is 1.18 bits per heavy atom. The third-order valence-corrected chi connectivity index (χ3v) is 6.63. The quantitative estimate of drug-likeness (QED) is 0.562. The van der Waals surface area contributed by atoms with Gasteiger partial charge in [0.15, 0.2) is 5.69 Å². The van der Waals surface area contributed by atoms with E-state index in [-0.39, 0.29) is 29.9 Å². The van der Waals surface area contributed by atoms with Crippen LogP contribution in [0.4, 0.5) is 10.1 Å². The van der Waals surface area contributed by atoms with Crippen molar-refractivity contribution in [1.29, 1.82) is 0 Å². The summed E-state index contributed by atoms with van der Waals surface area (Å²) >= 11 is 0. The zero-order chi connectivity index (χ0) is 23.8. The van der Waals surface area contributed by atoms with Gasteiger partial charge in [0.1, 0.15) is 17.1 Å². The number of nitrogens with one attached hydrogen (secondary N) is 1. The zero-order valence-corrected chi connectivity index (χ0v) is 19.2. The number of carbonyl (C=O) groups is 3. The Kier molecular flexibility index (Phi) is 6.23. The van der Waals surface area contributed by atoms with E-state index >= 15 is 0 Å². The van der Waals surface area contributed by atoms with Crippen LogP contribution in [0, 0.1) is 12.7 Å². The van der Waals surface area contributed by atoms with Gasteiger partial charge in [0, 0.05) is 17.8 Å². The van der Waals surface area contributed by atoms with Crippen LogP contribution in [0.5, 0.6) is 0 Å². The maximum Gasteiger partial charge on any atom is 0.358 e. The molecule has 1 aliphatic carbocycles. The van der Waals surface area contributed by atoms with Gasteiger partial charge in [0.25, 0.3) is 5.91 Å². The molecule has 1 aromatic heterocycles. The molecule has 0 spiro atoms. The van der Waals surface area contributed by atoms with E-state index < -0.39 is 23.2 Å². The molecule has 2 aromatic rings. The lowest BCUT2D eigenvalue weighted by molar-refractivity contribution is -0.127. The van der Waals surface area contributed by atoms with Crippen LogP contribution >= 0.6 is 0 Å². The van der Waals surface area contributed by atoms with E-state index in [1.54, 1.807) is 13.8 Å². The maximum absolute atomic E-state index is 13.8. The van der Waals surface area contributed by atoms with E-state index in [1.807, 2.05) is 0 Å². The Hall–Kier alpha value is -3.23. The molecule has 1 saturated carbocycles. The highest BCUT2D eigenvalue weighted by Gasteiger charge is 2.50. The largest absolute Gasteiger partial charge is 0.464 e. The second-order valence-corrected chi connectivity index (χ2v) is 9.07. The zero-order valence-electron chi connectivity index (χ0n) is 19.2. The van der Waals surface area contributed by atoms with E-state index in [4.69, 9.17) is 4.74 Å². The van der Waals surface area contributed by atoms with E-state index in [9.17, 15) is 18.8 Å². The third-order valence-electron chi connectivity index (χ3n) is 6.63. The van der Waals surface area contributed by atoms with Gasteiger partial charge in [-0.05, 0) is 50.5 Å². The lowest BCUT2D eigenvalue weighted by atomic mass is 9.92. The first-order valence-corrected chi connectivity index (χ1v) is 11.3. The minimum atomic E-state index is -1.33. The molecule has 2 heterocycles. The fourth-order valence-electron chi connectivity index (χ4n) is 4.80. The van der Waals surface area contributed by atoms with Gasteiger partial charge < -0.3 is 10.1 Å². The Balaban J connectivity index is 1.77. The molecule has 0 saturated heterocycles. The highest BCUT2D eigenvalue weighted by Crippen LogP contribution is 2.35. The minimum Gasteiger partial charge on any atom is -0.464 e. The average molecular weight is 457 g/mol. The smallest absolute Gasteiger partial charge is 0.358 e. The summed E-state index contributed by atoms with van der Waals surface area (Å²) in [6, 6.07) is 5.51. The molecule has 1 atom stereocenters. The fourth-order valence-corrected chi connectivity index (χ4v) is 4.80. The molecule has 0 radical (unpaired) electrons. The number of nitrogens with zero attached hydrogens (tertiary/aromatic N) is 3. The number of amides is 2. The number of ether oxygens (including phenoxy) is 1. The number of carbonyl (C=O) groups excluding carboxylic acids is 3. The topological polar surface area (TPSA) is 93.5 Å².